The highest BCUT2D eigenvalue weighted by Crippen LogP contribution is 2.48. The molecule has 2 aliphatic heterocycles. The van der Waals surface area contributed by atoms with Gasteiger partial charge in [0, 0.05) is 49.2 Å². The van der Waals surface area contributed by atoms with Crippen LogP contribution in [0.4, 0.5) is 21.6 Å². The van der Waals surface area contributed by atoms with Crippen molar-refractivity contribution in [2.24, 2.45) is 5.41 Å². The summed E-state index contributed by atoms with van der Waals surface area (Å²) in [6, 6.07) is 10.5. The van der Waals surface area contributed by atoms with E-state index < -0.39 is 11.2 Å². The largest absolute Gasteiger partial charge is 0.336 e. The van der Waals surface area contributed by atoms with Crippen LogP contribution in [0, 0.1) is 11.2 Å². The summed E-state index contributed by atoms with van der Waals surface area (Å²) in [4.78, 5) is 31.8. The Hall–Kier alpha value is -3.85. The van der Waals surface area contributed by atoms with Crippen LogP contribution in [0.2, 0.25) is 0 Å². The van der Waals surface area contributed by atoms with E-state index in [4.69, 9.17) is 4.98 Å². The Morgan fingerprint density at radius 2 is 1.85 bits per heavy atom. The average Bonchev–Trinajstić information content (AvgIpc) is 3.40. The van der Waals surface area contributed by atoms with Crippen molar-refractivity contribution in [3.63, 3.8) is 0 Å². The van der Waals surface area contributed by atoms with Gasteiger partial charge in [0.25, 0.3) is 0 Å². The number of nitrogens with one attached hydrogen (secondary N) is 1. The summed E-state index contributed by atoms with van der Waals surface area (Å²) in [5, 5.41) is 3.18. The van der Waals surface area contributed by atoms with Crippen LogP contribution >= 0.6 is 0 Å². The molecule has 7 rings (SSSR count). The van der Waals surface area contributed by atoms with Crippen molar-refractivity contribution in [3.05, 3.63) is 60.4 Å². The third-order valence-electron chi connectivity index (χ3n) is 9.17. The first-order chi connectivity index (χ1) is 19.6. The number of fused-ring (bicyclic) bond motifs is 2. The second-order valence-corrected chi connectivity index (χ2v) is 13.1. The van der Waals surface area contributed by atoms with Gasteiger partial charge in [0.2, 0.25) is 5.91 Å². The van der Waals surface area contributed by atoms with Crippen LogP contribution in [-0.2, 0) is 16.8 Å². The molecule has 1 N–H and O–H groups in total. The van der Waals surface area contributed by atoms with Gasteiger partial charge >= 0.3 is 0 Å². The fourth-order valence-corrected chi connectivity index (χ4v) is 6.86. The number of likely N-dealkylation sites (tertiary alicyclic amines) is 1. The lowest BCUT2D eigenvalue weighted by Gasteiger charge is -2.55. The standard InChI is InChI=1S/C32H36FN7O/c1-6-38-18-35-26-14-25(37-29(28(26)38)36-24-9-10-34-15-23(24)33)19-7-8-22-27(11-19)40(30(41)32(22,4)5)21-12-20(13-21)39-16-31(2,3)17-39/h7-11,14-15,18,20-21H,6,12-13,16-17H2,1-5H3,(H,34,36,37)/t20-,21+. The minimum absolute atomic E-state index is 0.164. The molecule has 0 atom stereocenters. The molecule has 1 amide bonds. The monoisotopic (exact) mass is 553 g/mol. The number of benzene rings is 1. The molecule has 9 heteroatoms. The van der Waals surface area contributed by atoms with Gasteiger partial charge in [-0.1, -0.05) is 26.0 Å². The number of carbonyl (C=O) groups excluding carboxylic acids is 1. The number of aromatic nitrogens is 4. The van der Waals surface area contributed by atoms with Crippen LogP contribution in [0.3, 0.4) is 0 Å². The molecule has 3 aliphatic rings. The molecule has 0 bridgehead atoms. The molecule has 3 aromatic heterocycles. The number of rotatable bonds is 6. The van der Waals surface area contributed by atoms with Crippen molar-refractivity contribution in [2.75, 3.05) is 23.3 Å². The molecular formula is C32H36FN7O. The minimum atomic E-state index is -0.583. The summed E-state index contributed by atoms with van der Waals surface area (Å²) >= 11 is 0. The number of halogens is 1. The summed E-state index contributed by atoms with van der Waals surface area (Å²) in [6.07, 6.45) is 6.52. The number of pyridine rings is 2. The second kappa shape index (κ2) is 9.08. The van der Waals surface area contributed by atoms with Crippen LogP contribution < -0.4 is 10.2 Å². The third kappa shape index (κ3) is 4.12. The van der Waals surface area contributed by atoms with Gasteiger partial charge < -0.3 is 14.8 Å². The van der Waals surface area contributed by atoms with Gasteiger partial charge in [-0.2, -0.15) is 0 Å². The lowest BCUT2D eigenvalue weighted by molar-refractivity contribution is -0.123. The molecule has 212 valence electrons. The Morgan fingerprint density at radius 3 is 2.56 bits per heavy atom. The number of carbonyl (C=O) groups is 1. The first-order valence-electron chi connectivity index (χ1n) is 14.5. The number of aryl methyl sites for hydroxylation is 1. The van der Waals surface area contributed by atoms with Crippen LogP contribution in [0.15, 0.2) is 49.1 Å². The molecule has 0 unspecified atom stereocenters. The van der Waals surface area contributed by atoms with E-state index >= 15 is 0 Å². The van der Waals surface area contributed by atoms with E-state index in [0.29, 0.717) is 35.2 Å². The Kier molecular flexibility index (Phi) is 5.77. The van der Waals surface area contributed by atoms with E-state index in [1.807, 2.05) is 37.5 Å². The summed E-state index contributed by atoms with van der Waals surface area (Å²) in [6.45, 7) is 13.7. The second-order valence-electron chi connectivity index (χ2n) is 13.1. The zero-order chi connectivity index (χ0) is 28.7. The highest BCUT2D eigenvalue weighted by Gasteiger charge is 2.51. The predicted octanol–water partition coefficient (Wildman–Crippen LogP) is 5.89. The molecule has 1 aliphatic carbocycles. The number of amides is 1. The zero-order valence-corrected chi connectivity index (χ0v) is 24.3. The van der Waals surface area contributed by atoms with E-state index in [1.54, 1.807) is 18.6 Å². The summed E-state index contributed by atoms with van der Waals surface area (Å²) < 4.78 is 16.5. The zero-order valence-electron chi connectivity index (χ0n) is 24.3. The number of anilines is 3. The van der Waals surface area contributed by atoms with Crippen LogP contribution in [0.5, 0.6) is 0 Å². The number of imidazole rings is 1. The van der Waals surface area contributed by atoms with Gasteiger partial charge in [-0.05, 0) is 62.8 Å². The number of hydrogen-bond acceptors (Lipinski definition) is 6. The van der Waals surface area contributed by atoms with Crippen LogP contribution in [-0.4, -0.2) is 55.5 Å². The first-order valence-corrected chi connectivity index (χ1v) is 14.5. The van der Waals surface area contributed by atoms with Crippen molar-refractivity contribution >= 4 is 34.1 Å². The quantitative estimate of drug-likeness (QED) is 0.321. The highest BCUT2D eigenvalue weighted by atomic mass is 19.1. The van der Waals surface area contributed by atoms with Crippen molar-refractivity contribution in [2.45, 2.75) is 71.5 Å². The molecule has 0 radical (unpaired) electrons. The molecule has 1 aromatic carbocycles. The van der Waals surface area contributed by atoms with Crippen molar-refractivity contribution in [1.29, 1.82) is 0 Å². The lowest BCUT2D eigenvalue weighted by atomic mass is 9.76. The van der Waals surface area contributed by atoms with Gasteiger partial charge in [0.15, 0.2) is 11.6 Å². The highest BCUT2D eigenvalue weighted by molar-refractivity contribution is 6.08. The van der Waals surface area contributed by atoms with E-state index in [0.717, 1.165) is 53.8 Å². The van der Waals surface area contributed by atoms with Crippen LogP contribution in [0.25, 0.3) is 22.3 Å². The Bertz CT molecular complexity index is 1680. The third-order valence-corrected chi connectivity index (χ3v) is 9.17. The van der Waals surface area contributed by atoms with Gasteiger partial charge in [-0.15, -0.1) is 0 Å². The molecule has 41 heavy (non-hydrogen) atoms. The maximum Gasteiger partial charge on any atom is 0.237 e. The van der Waals surface area contributed by atoms with Gasteiger partial charge in [-0.3, -0.25) is 14.7 Å². The Labute approximate surface area is 239 Å². The Balaban J connectivity index is 1.25. The number of hydrogen-bond donors (Lipinski definition) is 1. The van der Waals surface area contributed by atoms with E-state index in [9.17, 15) is 9.18 Å². The minimum Gasteiger partial charge on any atom is -0.336 e. The molecule has 8 nitrogen and oxygen atoms in total. The molecular weight excluding hydrogens is 517 g/mol. The molecule has 4 aromatic rings. The van der Waals surface area contributed by atoms with Gasteiger partial charge in [0.05, 0.1) is 34.8 Å². The first kappa shape index (κ1) is 26.1. The van der Waals surface area contributed by atoms with Crippen molar-refractivity contribution in [3.8, 4) is 11.3 Å². The van der Waals surface area contributed by atoms with Crippen LogP contribution in [0.1, 0.15) is 53.0 Å². The SMILES string of the molecule is CCn1cnc2cc(-c3ccc4c(c3)N([C@H]3C[C@@H](N5CC(C)(C)C5)C3)C(=O)C4(C)C)nc(Nc3ccncc3F)c21. The number of nitrogens with zero attached hydrogens (tertiary/aromatic N) is 6. The molecule has 1 saturated carbocycles. The maximum absolute atomic E-state index is 14.6. The fraction of sp³-hybridized carbons (Fsp3) is 0.438. The van der Waals surface area contributed by atoms with Crippen molar-refractivity contribution < 1.29 is 9.18 Å². The average molecular weight is 554 g/mol. The van der Waals surface area contributed by atoms with E-state index in [-0.39, 0.29) is 11.9 Å². The summed E-state index contributed by atoms with van der Waals surface area (Å²) in [5.74, 6) is 0.234. The lowest BCUT2D eigenvalue weighted by Crippen LogP contribution is -2.64. The maximum atomic E-state index is 14.6. The van der Waals surface area contributed by atoms with Gasteiger partial charge in [-0.25, -0.2) is 14.4 Å². The molecule has 1 saturated heterocycles. The molecule has 5 heterocycles. The predicted molar refractivity (Wildman–Crippen MR) is 159 cm³/mol. The smallest absolute Gasteiger partial charge is 0.237 e. The fourth-order valence-electron chi connectivity index (χ4n) is 6.86. The summed E-state index contributed by atoms with van der Waals surface area (Å²) in [5.41, 5.74) is 5.32. The van der Waals surface area contributed by atoms with E-state index in [1.165, 1.54) is 6.20 Å². The topological polar surface area (TPSA) is 79.2 Å². The van der Waals surface area contributed by atoms with Crippen molar-refractivity contribution in [1.82, 2.24) is 24.4 Å². The summed E-state index contributed by atoms with van der Waals surface area (Å²) in [7, 11) is 0. The Morgan fingerprint density at radius 1 is 1.07 bits per heavy atom. The molecule has 2 fully saturated rings. The van der Waals surface area contributed by atoms with Gasteiger partial charge in [0.1, 0.15) is 5.52 Å². The van der Waals surface area contributed by atoms with E-state index in [2.05, 4.69) is 51.1 Å². The molecule has 0 spiro atoms. The normalized spacial score (nSPS) is 22.9.